The van der Waals surface area contributed by atoms with Crippen molar-refractivity contribution >= 4 is 0 Å². The van der Waals surface area contributed by atoms with E-state index in [4.69, 9.17) is 9.47 Å². The third kappa shape index (κ3) is 2.97. The molecule has 0 spiro atoms. The molecule has 0 aliphatic rings. The van der Waals surface area contributed by atoms with Crippen molar-refractivity contribution in [2.75, 3.05) is 14.2 Å². The largest absolute Gasteiger partial charge is 0.493 e. The van der Waals surface area contributed by atoms with Gasteiger partial charge in [0.25, 0.3) is 0 Å². The van der Waals surface area contributed by atoms with Gasteiger partial charge in [0, 0.05) is 18.9 Å². The van der Waals surface area contributed by atoms with Crippen molar-refractivity contribution in [1.29, 1.82) is 0 Å². The summed E-state index contributed by atoms with van der Waals surface area (Å²) in [6.07, 6.45) is 5.32. The quantitative estimate of drug-likeness (QED) is 0.689. The molecule has 1 aromatic carbocycles. The lowest BCUT2D eigenvalue weighted by Gasteiger charge is -2.19. The minimum atomic E-state index is -0.0174. The zero-order chi connectivity index (χ0) is 18.0. The molecular formula is C18H23N5O2. The average Bonchev–Trinajstić information content (AvgIpc) is 3.29. The van der Waals surface area contributed by atoms with Crippen LogP contribution in [0.1, 0.15) is 31.3 Å². The van der Waals surface area contributed by atoms with Crippen molar-refractivity contribution < 1.29 is 9.47 Å². The summed E-state index contributed by atoms with van der Waals surface area (Å²) in [5.74, 6) is 3.05. The van der Waals surface area contributed by atoms with E-state index >= 15 is 0 Å². The van der Waals surface area contributed by atoms with Gasteiger partial charge >= 0.3 is 0 Å². The summed E-state index contributed by atoms with van der Waals surface area (Å²) >= 11 is 0. The van der Waals surface area contributed by atoms with Crippen LogP contribution in [0.25, 0.3) is 11.4 Å². The number of benzene rings is 1. The lowest BCUT2D eigenvalue weighted by molar-refractivity contribution is 0.355. The van der Waals surface area contributed by atoms with Crippen LogP contribution in [0.15, 0.2) is 30.9 Å². The van der Waals surface area contributed by atoms with E-state index in [9.17, 15) is 0 Å². The van der Waals surface area contributed by atoms with E-state index in [1.807, 2.05) is 30.8 Å². The molecule has 0 saturated heterocycles. The van der Waals surface area contributed by atoms with Crippen molar-refractivity contribution in [1.82, 2.24) is 24.3 Å². The zero-order valence-electron chi connectivity index (χ0n) is 15.2. The molecule has 2 heterocycles. The van der Waals surface area contributed by atoms with Gasteiger partial charge in [-0.05, 0) is 38.5 Å². The van der Waals surface area contributed by atoms with Crippen LogP contribution >= 0.6 is 0 Å². The Bertz CT molecular complexity index is 868. The third-order valence-electron chi connectivity index (χ3n) is 4.27. The average molecular weight is 341 g/mol. The molecule has 0 N–H and O–H groups in total. The molecule has 0 fully saturated rings. The number of ether oxygens (including phenoxy) is 2. The first-order valence-corrected chi connectivity index (χ1v) is 8.24. The summed E-state index contributed by atoms with van der Waals surface area (Å²) in [7, 11) is 3.28. The summed E-state index contributed by atoms with van der Waals surface area (Å²) in [5.41, 5.74) is 1.96. The van der Waals surface area contributed by atoms with Crippen LogP contribution < -0.4 is 9.47 Å². The molecule has 0 aliphatic carbocycles. The SMILES string of the molecule is CCn1ncnc1C(C)n1ccnc1-c1cc(C)cc(OC)c1OC. The number of hydrogen-bond donors (Lipinski definition) is 0. The maximum absolute atomic E-state index is 5.61. The second-order valence-electron chi connectivity index (χ2n) is 5.82. The van der Waals surface area contributed by atoms with E-state index in [-0.39, 0.29) is 6.04 Å². The number of methoxy groups -OCH3 is 2. The molecule has 25 heavy (non-hydrogen) atoms. The van der Waals surface area contributed by atoms with Crippen molar-refractivity contribution in [3.63, 3.8) is 0 Å². The number of imidazole rings is 1. The molecule has 7 heteroatoms. The van der Waals surface area contributed by atoms with E-state index in [1.54, 1.807) is 26.7 Å². The van der Waals surface area contributed by atoms with Gasteiger partial charge in [0.05, 0.1) is 25.8 Å². The van der Waals surface area contributed by atoms with Gasteiger partial charge in [-0.1, -0.05) is 0 Å². The number of aryl methyl sites for hydroxylation is 2. The monoisotopic (exact) mass is 341 g/mol. The van der Waals surface area contributed by atoms with Crippen LogP contribution in [0.3, 0.4) is 0 Å². The highest BCUT2D eigenvalue weighted by atomic mass is 16.5. The van der Waals surface area contributed by atoms with Crippen molar-refractivity contribution in [2.24, 2.45) is 0 Å². The fourth-order valence-electron chi connectivity index (χ4n) is 3.07. The van der Waals surface area contributed by atoms with Gasteiger partial charge in [-0.15, -0.1) is 0 Å². The molecule has 1 atom stereocenters. The molecule has 0 saturated carbocycles. The highest BCUT2D eigenvalue weighted by molar-refractivity contribution is 5.70. The molecule has 7 nitrogen and oxygen atoms in total. The number of aromatic nitrogens is 5. The number of hydrogen-bond acceptors (Lipinski definition) is 5. The molecule has 132 valence electrons. The minimum absolute atomic E-state index is 0.0174. The Morgan fingerprint density at radius 3 is 2.64 bits per heavy atom. The summed E-state index contributed by atoms with van der Waals surface area (Å²) < 4.78 is 15.0. The summed E-state index contributed by atoms with van der Waals surface area (Å²) in [6, 6.07) is 3.99. The maximum atomic E-state index is 5.61. The highest BCUT2D eigenvalue weighted by Gasteiger charge is 2.22. The molecule has 3 rings (SSSR count). The standard InChI is InChI=1S/C18H23N5O2/c1-6-23-17(20-11-21-23)13(3)22-8-7-19-18(22)14-9-12(2)10-15(24-4)16(14)25-5/h7-11,13H,6H2,1-5H3. The van der Waals surface area contributed by atoms with Crippen LogP contribution in [0.4, 0.5) is 0 Å². The summed E-state index contributed by atoms with van der Waals surface area (Å²) in [6.45, 7) is 6.93. The lowest BCUT2D eigenvalue weighted by Crippen LogP contribution is -2.14. The molecular weight excluding hydrogens is 318 g/mol. The van der Waals surface area contributed by atoms with Crippen molar-refractivity contribution in [3.05, 3.63) is 42.2 Å². The molecule has 0 amide bonds. The van der Waals surface area contributed by atoms with Crippen LogP contribution in [-0.4, -0.2) is 38.5 Å². The first-order valence-electron chi connectivity index (χ1n) is 8.24. The van der Waals surface area contributed by atoms with Crippen LogP contribution in [0.2, 0.25) is 0 Å². The molecule has 0 bridgehead atoms. The molecule has 1 unspecified atom stereocenters. The predicted octanol–water partition coefficient (Wildman–Crippen LogP) is 3.10. The van der Waals surface area contributed by atoms with Gasteiger partial charge in [-0.3, -0.25) is 0 Å². The van der Waals surface area contributed by atoms with E-state index in [2.05, 4.69) is 32.6 Å². The fourth-order valence-corrected chi connectivity index (χ4v) is 3.07. The second kappa shape index (κ2) is 6.96. The van der Waals surface area contributed by atoms with Gasteiger partial charge < -0.3 is 14.0 Å². The molecule has 0 radical (unpaired) electrons. The summed E-state index contributed by atoms with van der Waals surface area (Å²) in [5, 5.41) is 4.27. The Labute approximate surface area is 147 Å². The van der Waals surface area contributed by atoms with Gasteiger partial charge in [0.2, 0.25) is 0 Å². The van der Waals surface area contributed by atoms with Gasteiger partial charge in [0.15, 0.2) is 11.5 Å². The molecule has 2 aromatic heterocycles. The third-order valence-corrected chi connectivity index (χ3v) is 4.27. The minimum Gasteiger partial charge on any atom is -0.493 e. The second-order valence-corrected chi connectivity index (χ2v) is 5.82. The van der Waals surface area contributed by atoms with Gasteiger partial charge in [0.1, 0.15) is 18.0 Å². The molecule has 0 aliphatic heterocycles. The predicted molar refractivity (Wildman–Crippen MR) is 95.0 cm³/mol. The van der Waals surface area contributed by atoms with Gasteiger partial charge in [-0.25, -0.2) is 14.6 Å². The first-order chi connectivity index (χ1) is 12.1. The fraction of sp³-hybridized carbons (Fsp3) is 0.389. The Morgan fingerprint density at radius 1 is 1.16 bits per heavy atom. The van der Waals surface area contributed by atoms with E-state index < -0.39 is 0 Å². The molecule has 3 aromatic rings. The summed E-state index contributed by atoms with van der Waals surface area (Å²) in [4.78, 5) is 8.99. The van der Waals surface area contributed by atoms with Crippen molar-refractivity contribution in [3.8, 4) is 22.9 Å². The first kappa shape index (κ1) is 17.0. The smallest absolute Gasteiger partial charge is 0.171 e. The topological polar surface area (TPSA) is 67.0 Å². The van der Waals surface area contributed by atoms with E-state index in [0.29, 0.717) is 11.5 Å². The van der Waals surface area contributed by atoms with Crippen molar-refractivity contribution in [2.45, 2.75) is 33.4 Å². The van der Waals surface area contributed by atoms with Crippen LogP contribution in [0, 0.1) is 6.92 Å². The highest BCUT2D eigenvalue weighted by Crippen LogP contribution is 2.39. The Balaban J connectivity index is 2.13. The normalized spacial score (nSPS) is 12.2. The zero-order valence-corrected chi connectivity index (χ0v) is 15.2. The number of rotatable bonds is 6. The Hall–Kier alpha value is -2.83. The van der Waals surface area contributed by atoms with E-state index in [0.717, 1.165) is 29.3 Å². The number of nitrogens with zero attached hydrogens (tertiary/aromatic N) is 5. The van der Waals surface area contributed by atoms with Crippen LogP contribution in [0.5, 0.6) is 11.5 Å². The lowest BCUT2D eigenvalue weighted by atomic mass is 10.1. The maximum Gasteiger partial charge on any atom is 0.171 e. The van der Waals surface area contributed by atoms with Gasteiger partial charge in [-0.2, -0.15) is 5.10 Å². The van der Waals surface area contributed by atoms with E-state index in [1.165, 1.54) is 0 Å². The Kier molecular flexibility index (Phi) is 4.74. The Morgan fingerprint density at radius 2 is 1.96 bits per heavy atom. The van der Waals surface area contributed by atoms with Crippen LogP contribution in [-0.2, 0) is 6.54 Å².